The quantitative estimate of drug-likeness (QED) is 0.337. The van der Waals surface area contributed by atoms with Crippen molar-refractivity contribution in [1.82, 2.24) is 4.98 Å². The molecule has 0 unspecified atom stereocenters. The average molecular weight is 366 g/mol. The number of fused-ring (bicyclic) bond motifs is 1. The zero-order valence-corrected chi connectivity index (χ0v) is 16.0. The van der Waals surface area contributed by atoms with E-state index in [1.165, 1.54) is 27.5 Å². The van der Waals surface area contributed by atoms with Gasteiger partial charge >= 0.3 is 0 Å². The van der Waals surface area contributed by atoms with E-state index in [0.717, 1.165) is 16.8 Å². The Morgan fingerprint density at radius 3 is 2.44 bits per heavy atom. The summed E-state index contributed by atoms with van der Waals surface area (Å²) in [6, 6.07) is 25.1. The molecule has 0 aliphatic heterocycles. The van der Waals surface area contributed by atoms with Crippen molar-refractivity contribution in [2.24, 2.45) is 0 Å². The zero-order valence-electron chi connectivity index (χ0n) is 15.1. The summed E-state index contributed by atoms with van der Waals surface area (Å²) in [5.41, 5.74) is 6.68. The van der Waals surface area contributed by atoms with Crippen LogP contribution in [0.25, 0.3) is 21.9 Å². The molecular formula is C25H19NS. The van der Waals surface area contributed by atoms with Gasteiger partial charge in [0.25, 0.3) is 0 Å². The number of aromatic nitrogens is 1. The third-order valence-electron chi connectivity index (χ3n) is 4.64. The zero-order chi connectivity index (χ0) is 18.6. The number of benzene rings is 3. The van der Waals surface area contributed by atoms with Crippen LogP contribution in [0.5, 0.6) is 0 Å². The van der Waals surface area contributed by atoms with Crippen LogP contribution >= 0.6 is 12.6 Å². The molecule has 0 aliphatic rings. The third kappa shape index (κ3) is 3.60. The molecule has 4 rings (SSSR count). The van der Waals surface area contributed by atoms with Crippen molar-refractivity contribution >= 4 is 23.4 Å². The second-order valence-electron chi connectivity index (χ2n) is 6.46. The van der Waals surface area contributed by atoms with Crippen molar-refractivity contribution in [3.8, 4) is 23.0 Å². The number of aryl methyl sites for hydroxylation is 1. The van der Waals surface area contributed by atoms with E-state index in [0.29, 0.717) is 5.75 Å². The number of pyridine rings is 1. The molecule has 0 bridgehead atoms. The topological polar surface area (TPSA) is 12.9 Å². The van der Waals surface area contributed by atoms with Crippen LogP contribution in [0.3, 0.4) is 0 Å². The Labute approximate surface area is 165 Å². The van der Waals surface area contributed by atoms with Crippen molar-refractivity contribution in [3.63, 3.8) is 0 Å². The maximum absolute atomic E-state index is 4.50. The SMILES string of the molecule is Cc1cc(C#Cc2cccc3c(-c4ccccc4CS)cccc23)ccn1. The lowest BCUT2D eigenvalue weighted by atomic mass is 9.93. The first-order valence-corrected chi connectivity index (χ1v) is 9.55. The van der Waals surface area contributed by atoms with Gasteiger partial charge in [-0.1, -0.05) is 66.4 Å². The molecular weight excluding hydrogens is 346 g/mol. The van der Waals surface area contributed by atoms with E-state index >= 15 is 0 Å². The van der Waals surface area contributed by atoms with Gasteiger partial charge < -0.3 is 0 Å². The van der Waals surface area contributed by atoms with Gasteiger partial charge in [-0.3, -0.25) is 4.98 Å². The summed E-state index contributed by atoms with van der Waals surface area (Å²) in [5.74, 6) is 7.33. The van der Waals surface area contributed by atoms with Crippen molar-refractivity contribution in [1.29, 1.82) is 0 Å². The van der Waals surface area contributed by atoms with E-state index in [9.17, 15) is 0 Å². The predicted octanol–water partition coefficient (Wildman–Crippen LogP) is 6.04. The maximum Gasteiger partial charge on any atom is 0.0385 e. The van der Waals surface area contributed by atoms with Gasteiger partial charge in [0.05, 0.1) is 0 Å². The molecule has 0 atom stereocenters. The molecule has 3 aromatic carbocycles. The highest BCUT2D eigenvalue weighted by atomic mass is 32.1. The molecule has 0 N–H and O–H groups in total. The molecule has 0 aliphatic carbocycles. The first-order chi connectivity index (χ1) is 13.3. The van der Waals surface area contributed by atoms with Gasteiger partial charge in [-0.2, -0.15) is 12.6 Å². The van der Waals surface area contributed by atoms with E-state index in [-0.39, 0.29) is 0 Å². The molecule has 0 spiro atoms. The number of rotatable bonds is 2. The first-order valence-electron chi connectivity index (χ1n) is 8.92. The molecule has 1 nitrogen and oxygen atoms in total. The summed E-state index contributed by atoms with van der Waals surface area (Å²) in [6.07, 6.45) is 1.80. The van der Waals surface area contributed by atoms with E-state index in [4.69, 9.17) is 0 Å². The van der Waals surface area contributed by atoms with Crippen molar-refractivity contribution in [2.75, 3.05) is 0 Å². The summed E-state index contributed by atoms with van der Waals surface area (Å²) < 4.78 is 0. The van der Waals surface area contributed by atoms with E-state index in [2.05, 4.69) is 90.1 Å². The summed E-state index contributed by atoms with van der Waals surface area (Å²) in [6.45, 7) is 1.98. The standard InChI is InChI=1S/C25H19NS/c1-18-16-19(14-15-26-18)12-13-20-7-4-10-24-22(20)9-5-11-25(24)23-8-3-2-6-21(23)17-27/h2-11,14-16,27H,17H2,1H3. The van der Waals surface area contributed by atoms with Crippen LogP contribution in [0.4, 0.5) is 0 Å². The second-order valence-corrected chi connectivity index (χ2v) is 6.77. The van der Waals surface area contributed by atoms with Crippen LogP contribution < -0.4 is 0 Å². The minimum Gasteiger partial charge on any atom is -0.262 e. The molecule has 1 heterocycles. The highest BCUT2D eigenvalue weighted by Gasteiger charge is 2.08. The minimum atomic E-state index is 0.716. The van der Waals surface area contributed by atoms with Crippen LogP contribution in [0.1, 0.15) is 22.4 Å². The van der Waals surface area contributed by atoms with Crippen molar-refractivity contribution in [3.05, 3.63) is 101 Å². The molecule has 0 saturated carbocycles. The Hall–Kier alpha value is -3.02. The molecule has 130 valence electrons. The number of thiol groups is 1. The van der Waals surface area contributed by atoms with Crippen molar-refractivity contribution < 1.29 is 0 Å². The van der Waals surface area contributed by atoms with Gasteiger partial charge in [0.1, 0.15) is 0 Å². The van der Waals surface area contributed by atoms with Crippen LogP contribution in [0.15, 0.2) is 79.0 Å². The van der Waals surface area contributed by atoms with Crippen LogP contribution in [0, 0.1) is 18.8 Å². The van der Waals surface area contributed by atoms with Gasteiger partial charge in [-0.15, -0.1) is 0 Å². The molecule has 2 heteroatoms. The first kappa shape index (κ1) is 17.4. The molecule has 0 amide bonds. The van der Waals surface area contributed by atoms with Gasteiger partial charge in [0.15, 0.2) is 0 Å². The fourth-order valence-corrected chi connectivity index (χ4v) is 3.61. The van der Waals surface area contributed by atoms with Gasteiger partial charge in [-0.25, -0.2) is 0 Å². The summed E-state index contributed by atoms with van der Waals surface area (Å²) >= 11 is 4.50. The fourth-order valence-electron chi connectivity index (χ4n) is 3.34. The van der Waals surface area contributed by atoms with Gasteiger partial charge in [0.2, 0.25) is 0 Å². The summed E-state index contributed by atoms with van der Waals surface area (Å²) in [7, 11) is 0. The van der Waals surface area contributed by atoms with Crippen molar-refractivity contribution in [2.45, 2.75) is 12.7 Å². The third-order valence-corrected chi connectivity index (χ3v) is 4.98. The molecule has 4 aromatic rings. The normalized spacial score (nSPS) is 10.4. The minimum absolute atomic E-state index is 0.716. The molecule has 0 saturated heterocycles. The average Bonchev–Trinajstić information content (AvgIpc) is 2.72. The fraction of sp³-hybridized carbons (Fsp3) is 0.0800. The highest BCUT2D eigenvalue weighted by molar-refractivity contribution is 7.79. The lowest BCUT2D eigenvalue weighted by Crippen LogP contribution is -1.89. The molecule has 0 fully saturated rings. The Bertz CT molecular complexity index is 1180. The van der Waals surface area contributed by atoms with Gasteiger partial charge in [0, 0.05) is 28.8 Å². The largest absolute Gasteiger partial charge is 0.262 e. The van der Waals surface area contributed by atoms with E-state index in [1.807, 2.05) is 19.1 Å². The Morgan fingerprint density at radius 1 is 0.815 bits per heavy atom. The number of hydrogen-bond acceptors (Lipinski definition) is 2. The van der Waals surface area contributed by atoms with Gasteiger partial charge in [-0.05, 0) is 52.6 Å². The summed E-state index contributed by atoms with van der Waals surface area (Å²) in [5, 5.41) is 2.38. The van der Waals surface area contributed by atoms with E-state index in [1.54, 1.807) is 6.20 Å². The number of nitrogens with zero attached hydrogens (tertiary/aromatic N) is 1. The lowest BCUT2D eigenvalue weighted by Gasteiger charge is -2.11. The van der Waals surface area contributed by atoms with E-state index < -0.39 is 0 Å². The van der Waals surface area contributed by atoms with Crippen LogP contribution in [-0.4, -0.2) is 4.98 Å². The Kier molecular flexibility index (Phi) is 4.96. The molecule has 27 heavy (non-hydrogen) atoms. The molecule has 1 aromatic heterocycles. The lowest BCUT2D eigenvalue weighted by molar-refractivity contribution is 1.19. The predicted molar refractivity (Wildman–Crippen MR) is 117 cm³/mol. The van der Waals surface area contributed by atoms with Crippen LogP contribution in [0.2, 0.25) is 0 Å². The maximum atomic E-state index is 4.50. The monoisotopic (exact) mass is 365 g/mol. The Balaban J connectivity index is 1.87. The summed E-state index contributed by atoms with van der Waals surface area (Å²) in [4.78, 5) is 4.23. The van der Waals surface area contributed by atoms with Crippen LogP contribution in [-0.2, 0) is 5.75 Å². The Morgan fingerprint density at radius 2 is 1.59 bits per heavy atom. The number of hydrogen-bond donors (Lipinski definition) is 1. The smallest absolute Gasteiger partial charge is 0.0385 e. The molecule has 0 radical (unpaired) electrons. The second kappa shape index (κ2) is 7.70. The highest BCUT2D eigenvalue weighted by Crippen LogP contribution is 2.32.